The molecule has 0 saturated heterocycles. The fraction of sp³-hybridized carbons (Fsp3) is 0.500. The monoisotopic (exact) mass is 220 g/mol. The summed E-state index contributed by atoms with van der Waals surface area (Å²) >= 11 is 0. The maximum Gasteiger partial charge on any atom is 0.161 e. The molecule has 0 spiro atoms. The molecule has 0 amide bonds. The second kappa shape index (κ2) is 7.18. The summed E-state index contributed by atoms with van der Waals surface area (Å²) in [5, 5.41) is 0. The van der Waals surface area contributed by atoms with Crippen molar-refractivity contribution in [3.8, 4) is 0 Å². The summed E-state index contributed by atoms with van der Waals surface area (Å²) < 4.78 is 5.24. The molecule has 1 aromatic rings. The maximum absolute atomic E-state index is 11.7. The average Bonchev–Trinajstić information content (AvgIpc) is 2.31. The summed E-state index contributed by atoms with van der Waals surface area (Å²) in [7, 11) is 1.61. The van der Waals surface area contributed by atoms with E-state index in [1.165, 1.54) is 5.56 Å². The minimum absolute atomic E-state index is 0.223. The molecule has 0 fully saturated rings. The van der Waals surface area contributed by atoms with Crippen LogP contribution in [-0.2, 0) is 16.0 Å². The number of Topliss-reactive ketones (excluding diaryl/α,β-unsaturated/α-hetero) is 1. The summed E-state index contributed by atoms with van der Waals surface area (Å²) in [6, 6.07) is 10.2. The summed E-state index contributed by atoms with van der Waals surface area (Å²) in [6.07, 6.45) is 2.95. The molecule has 0 radical (unpaired) electrons. The smallest absolute Gasteiger partial charge is 0.161 e. The molecule has 16 heavy (non-hydrogen) atoms. The van der Waals surface area contributed by atoms with Gasteiger partial charge < -0.3 is 4.74 Å². The standard InChI is InChI=1S/C14H20O2/c1-3-7-13(15)14(16-2)11-10-12-8-5-4-6-9-12/h4-6,8-9,14H,3,7,10-11H2,1-2H3. The molecule has 0 aliphatic rings. The van der Waals surface area contributed by atoms with Gasteiger partial charge in [-0.1, -0.05) is 37.3 Å². The van der Waals surface area contributed by atoms with Crippen molar-refractivity contribution in [3.05, 3.63) is 35.9 Å². The van der Waals surface area contributed by atoms with Crippen LogP contribution in [0.4, 0.5) is 0 Å². The van der Waals surface area contributed by atoms with Crippen molar-refractivity contribution < 1.29 is 9.53 Å². The molecule has 0 aliphatic carbocycles. The van der Waals surface area contributed by atoms with Gasteiger partial charge in [0.15, 0.2) is 5.78 Å². The molecule has 0 aliphatic heterocycles. The molecule has 1 atom stereocenters. The Labute approximate surface area is 97.6 Å². The first-order valence-corrected chi connectivity index (χ1v) is 5.87. The number of ketones is 1. The Bertz CT molecular complexity index is 306. The molecule has 1 rings (SSSR count). The molecule has 0 N–H and O–H groups in total. The lowest BCUT2D eigenvalue weighted by Crippen LogP contribution is -2.23. The van der Waals surface area contributed by atoms with Gasteiger partial charge in [-0.3, -0.25) is 4.79 Å². The van der Waals surface area contributed by atoms with E-state index in [2.05, 4.69) is 12.1 Å². The molecular weight excluding hydrogens is 200 g/mol. The summed E-state index contributed by atoms with van der Waals surface area (Å²) in [5.41, 5.74) is 1.26. The third-order valence-electron chi connectivity index (χ3n) is 2.68. The molecule has 88 valence electrons. The van der Waals surface area contributed by atoms with Gasteiger partial charge in [0.1, 0.15) is 6.10 Å². The average molecular weight is 220 g/mol. The SMILES string of the molecule is CCCC(=O)C(CCc1ccccc1)OC. The van der Waals surface area contributed by atoms with Gasteiger partial charge in [0.05, 0.1) is 0 Å². The number of carbonyl (C=O) groups excluding carboxylic acids is 1. The molecule has 0 bridgehead atoms. The van der Waals surface area contributed by atoms with Gasteiger partial charge in [-0.15, -0.1) is 0 Å². The number of rotatable bonds is 7. The van der Waals surface area contributed by atoms with Crippen molar-refractivity contribution in [1.82, 2.24) is 0 Å². The summed E-state index contributed by atoms with van der Waals surface area (Å²) in [6.45, 7) is 2.02. The highest BCUT2D eigenvalue weighted by Crippen LogP contribution is 2.09. The van der Waals surface area contributed by atoms with E-state index in [9.17, 15) is 4.79 Å². The normalized spacial score (nSPS) is 12.4. The molecular formula is C14H20O2. The first-order chi connectivity index (χ1) is 7.77. The molecule has 1 aromatic carbocycles. The Kier molecular flexibility index (Phi) is 5.79. The van der Waals surface area contributed by atoms with E-state index in [4.69, 9.17) is 4.74 Å². The summed E-state index contributed by atoms with van der Waals surface area (Å²) in [5.74, 6) is 0.223. The third-order valence-corrected chi connectivity index (χ3v) is 2.68. The van der Waals surface area contributed by atoms with Crippen LogP contribution in [0.3, 0.4) is 0 Å². The number of methoxy groups -OCH3 is 1. The van der Waals surface area contributed by atoms with E-state index in [-0.39, 0.29) is 11.9 Å². The summed E-state index contributed by atoms with van der Waals surface area (Å²) in [4.78, 5) is 11.7. The van der Waals surface area contributed by atoms with Crippen LogP contribution in [0.25, 0.3) is 0 Å². The van der Waals surface area contributed by atoms with Crippen molar-refractivity contribution >= 4 is 5.78 Å². The molecule has 0 heterocycles. The molecule has 2 heteroatoms. The van der Waals surface area contributed by atoms with Gasteiger partial charge in [0.25, 0.3) is 0 Å². The molecule has 0 saturated carbocycles. The molecule has 1 unspecified atom stereocenters. The number of aryl methyl sites for hydroxylation is 1. The molecule has 2 nitrogen and oxygen atoms in total. The van der Waals surface area contributed by atoms with E-state index >= 15 is 0 Å². The Hall–Kier alpha value is -1.15. The Morgan fingerprint density at radius 2 is 2.00 bits per heavy atom. The lowest BCUT2D eigenvalue weighted by molar-refractivity contribution is -0.129. The second-order valence-electron chi connectivity index (χ2n) is 3.96. The topological polar surface area (TPSA) is 26.3 Å². The van der Waals surface area contributed by atoms with Crippen LogP contribution >= 0.6 is 0 Å². The first-order valence-electron chi connectivity index (χ1n) is 5.87. The fourth-order valence-electron chi connectivity index (χ4n) is 1.76. The van der Waals surface area contributed by atoms with Crippen LogP contribution < -0.4 is 0 Å². The van der Waals surface area contributed by atoms with Gasteiger partial charge in [-0.05, 0) is 24.8 Å². The number of ether oxygens (including phenoxy) is 1. The van der Waals surface area contributed by atoms with E-state index in [0.717, 1.165) is 19.3 Å². The van der Waals surface area contributed by atoms with Gasteiger partial charge >= 0.3 is 0 Å². The molecule has 0 aromatic heterocycles. The van der Waals surface area contributed by atoms with E-state index in [1.807, 2.05) is 25.1 Å². The fourth-order valence-corrected chi connectivity index (χ4v) is 1.76. The van der Waals surface area contributed by atoms with Crippen molar-refractivity contribution in [2.24, 2.45) is 0 Å². The van der Waals surface area contributed by atoms with Crippen molar-refractivity contribution in [2.75, 3.05) is 7.11 Å². The highest BCUT2D eigenvalue weighted by atomic mass is 16.5. The van der Waals surface area contributed by atoms with Crippen LogP contribution in [-0.4, -0.2) is 19.0 Å². The minimum atomic E-state index is -0.236. The highest BCUT2D eigenvalue weighted by Gasteiger charge is 2.16. The van der Waals surface area contributed by atoms with Crippen LogP contribution in [0.15, 0.2) is 30.3 Å². The van der Waals surface area contributed by atoms with Gasteiger partial charge in [0.2, 0.25) is 0 Å². The highest BCUT2D eigenvalue weighted by molar-refractivity contribution is 5.82. The first kappa shape index (κ1) is 12.9. The zero-order valence-corrected chi connectivity index (χ0v) is 10.1. The van der Waals surface area contributed by atoms with Crippen molar-refractivity contribution in [1.29, 1.82) is 0 Å². The third kappa shape index (κ3) is 4.15. The Morgan fingerprint density at radius 3 is 2.56 bits per heavy atom. The Balaban J connectivity index is 2.43. The Morgan fingerprint density at radius 1 is 1.31 bits per heavy atom. The predicted octanol–water partition coefficient (Wildman–Crippen LogP) is 3.00. The number of hydrogen-bond donors (Lipinski definition) is 0. The minimum Gasteiger partial charge on any atom is -0.374 e. The van der Waals surface area contributed by atoms with Crippen LogP contribution in [0.1, 0.15) is 31.7 Å². The van der Waals surface area contributed by atoms with Gasteiger partial charge in [-0.25, -0.2) is 0 Å². The van der Waals surface area contributed by atoms with E-state index in [1.54, 1.807) is 7.11 Å². The second-order valence-corrected chi connectivity index (χ2v) is 3.96. The zero-order valence-electron chi connectivity index (χ0n) is 10.1. The van der Waals surface area contributed by atoms with Crippen LogP contribution in [0, 0.1) is 0 Å². The van der Waals surface area contributed by atoms with E-state index in [0.29, 0.717) is 6.42 Å². The van der Waals surface area contributed by atoms with Crippen LogP contribution in [0.2, 0.25) is 0 Å². The van der Waals surface area contributed by atoms with E-state index < -0.39 is 0 Å². The van der Waals surface area contributed by atoms with Crippen LogP contribution in [0.5, 0.6) is 0 Å². The number of carbonyl (C=O) groups is 1. The largest absolute Gasteiger partial charge is 0.374 e. The van der Waals surface area contributed by atoms with Gasteiger partial charge in [-0.2, -0.15) is 0 Å². The maximum atomic E-state index is 11.7. The number of benzene rings is 1. The number of hydrogen-bond acceptors (Lipinski definition) is 2. The quantitative estimate of drug-likeness (QED) is 0.706. The van der Waals surface area contributed by atoms with Crippen molar-refractivity contribution in [3.63, 3.8) is 0 Å². The van der Waals surface area contributed by atoms with Crippen molar-refractivity contribution in [2.45, 2.75) is 38.7 Å². The predicted molar refractivity (Wildman–Crippen MR) is 65.5 cm³/mol. The zero-order chi connectivity index (χ0) is 11.8. The lowest BCUT2D eigenvalue weighted by Gasteiger charge is -2.13. The van der Waals surface area contributed by atoms with Gasteiger partial charge in [0, 0.05) is 13.5 Å². The lowest BCUT2D eigenvalue weighted by atomic mass is 10.0.